The molecule has 1 aromatic heterocycles. The third kappa shape index (κ3) is 2.58. The van der Waals surface area contributed by atoms with Gasteiger partial charge in [0.1, 0.15) is 0 Å². The Kier molecular flexibility index (Phi) is 4.22. The molecule has 1 amide bonds. The van der Waals surface area contributed by atoms with Gasteiger partial charge in [-0.25, -0.2) is 9.59 Å². The summed E-state index contributed by atoms with van der Waals surface area (Å²) in [4.78, 5) is 26.2. The van der Waals surface area contributed by atoms with Gasteiger partial charge in [0.05, 0.1) is 14.2 Å². The third-order valence-corrected chi connectivity index (χ3v) is 3.39. The highest BCUT2D eigenvalue weighted by molar-refractivity contribution is 5.95. The van der Waals surface area contributed by atoms with Crippen molar-refractivity contribution in [1.29, 1.82) is 0 Å². The van der Waals surface area contributed by atoms with E-state index < -0.39 is 29.3 Å². The monoisotopic (exact) mass is 330 g/mol. The first-order valence-corrected chi connectivity index (χ1v) is 6.35. The molecule has 9 heteroatoms. The summed E-state index contributed by atoms with van der Waals surface area (Å²) in [6.45, 7) is 0. The van der Waals surface area contributed by atoms with Crippen LogP contribution in [0.4, 0.5) is 18.0 Å². The Morgan fingerprint density at radius 1 is 1.13 bits per heavy atom. The summed E-state index contributed by atoms with van der Waals surface area (Å²) in [5.74, 6) is -1.68. The number of hydrogen-bond donors (Lipinski definition) is 2. The van der Waals surface area contributed by atoms with Crippen LogP contribution in [0.15, 0.2) is 30.5 Å². The minimum atomic E-state index is -5.17. The number of H-pyrrole nitrogens is 1. The van der Waals surface area contributed by atoms with Crippen LogP contribution in [0.5, 0.6) is 0 Å². The maximum absolute atomic E-state index is 13.8. The molecule has 1 atom stereocenters. The lowest BCUT2D eigenvalue weighted by Gasteiger charge is -2.33. The summed E-state index contributed by atoms with van der Waals surface area (Å²) in [6, 6.07) is 6.05. The summed E-state index contributed by atoms with van der Waals surface area (Å²) in [6.07, 6.45) is -5.58. The number of carbonyl (C=O) groups excluding carboxylic acids is 2. The maximum Gasteiger partial charge on any atom is 0.427 e. The van der Waals surface area contributed by atoms with Crippen LogP contribution in [0, 0.1) is 0 Å². The molecule has 1 heterocycles. The number of amides is 1. The van der Waals surface area contributed by atoms with E-state index in [1.807, 2.05) is 0 Å². The summed E-state index contributed by atoms with van der Waals surface area (Å²) in [5, 5.41) is 1.70. The van der Waals surface area contributed by atoms with E-state index in [0.29, 0.717) is 5.52 Å². The number of nitrogens with one attached hydrogen (secondary N) is 2. The number of fused-ring (bicyclic) bond motifs is 1. The number of halogens is 3. The summed E-state index contributed by atoms with van der Waals surface area (Å²) < 4.78 is 50.0. The van der Waals surface area contributed by atoms with Gasteiger partial charge in [-0.3, -0.25) is 5.32 Å². The minimum Gasteiger partial charge on any atom is -0.467 e. The van der Waals surface area contributed by atoms with Crippen LogP contribution >= 0.6 is 0 Å². The number of carbonyl (C=O) groups is 2. The first kappa shape index (κ1) is 16.7. The van der Waals surface area contributed by atoms with Crippen molar-refractivity contribution in [2.45, 2.75) is 11.7 Å². The van der Waals surface area contributed by atoms with Crippen molar-refractivity contribution < 1.29 is 32.2 Å². The first-order valence-electron chi connectivity index (χ1n) is 6.35. The molecule has 0 aliphatic rings. The van der Waals surface area contributed by atoms with Crippen molar-refractivity contribution >= 4 is 23.0 Å². The molecule has 2 N–H and O–H groups in total. The quantitative estimate of drug-likeness (QED) is 0.847. The van der Waals surface area contributed by atoms with E-state index in [1.54, 1.807) is 11.4 Å². The van der Waals surface area contributed by atoms with Crippen LogP contribution in [0.25, 0.3) is 10.9 Å². The van der Waals surface area contributed by atoms with Gasteiger partial charge < -0.3 is 14.5 Å². The predicted molar refractivity (Wildman–Crippen MR) is 73.6 cm³/mol. The van der Waals surface area contributed by atoms with Crippen molar-refractivity contribution in [3.63, 3.8) is 0 Å². The fourth-order valence-electron chi connectivity index (χ4n) is 2.31. The Morgan fingerprint density at radius 3 is 2.35 bits per heavy atom. The molecule has 124 valence electrons. The van der Waals surface area contributed by atoms with Crippen molar-refractivity contribution in [2.75, 3.05) is 14.2 Å². The van der Waals surface area contributed by atoms with Gasteiger partial charge in [-0.15, -0.1) is 0 Å². The fraction of sp³-hybridized carbons (Fsp3) is 0.286. The molecule has 0 saturated heterocycles. The number of esters is 1. The van der Waals surface area contributed by atoms with Crippen molar-refractivity contribution in [2.24, 2.45) is 0 Å². The first-order chi connectivity index (χ1) is 10.8. The Balaban J connectivity index is 2.79. The molecule has 0 aliphatic heterocycles. The van der Waals surface area contributed by atoms with Gasteiger partial charge in [0.15, 0.2) is 0 Å². The van der Waals surface area contributed by atoms with Crippen LogP contribution in [0.2, 0.25) is 0 Å². The minimum absolute atomic E-state index is 0.117. The van der Waals surface area contributed by atoms with Crippen LogP contribution in [0.1, 0.15) is 5.56 Å². The van der Waals surface area contributed by atoms with E-state index in [9.17, 15) is 22.8 Å². The molecule has 6 nitrogen and oxygen atoms in total. The van der Waals surface area contributed by atoms with Crippen molar-refractivity contribution in [3.8, 4) is 0 Å². The number of aromatic amines is 1. The van der Waals surface area contributed by atoms with E-state index in [4.69, 9.17) is 0 Å². The molecule has 0 fully saturated rings. The van der Waals surface area contributed by atoms with Crippen molar-refractivity contribution in [1.82, 2.24) is 10.3 Å². The lowest BCUT2D eigenvalue weighted by Crippen LogP contribution is -2.61. The van der Waals surface area contributed by atoms with Crippen LogP contribution in [-0.4, -0.2) is 37.4 Å². The molecular formula is C14H13F3N2O4. The predicted octanol–water partition coefficient (Wildman–Crippen LogP) is 2.45. The van der Waals surface area contributed by atoms with Gasteiger partial charge in [-0.05, 0) is 6.07 Å². The van der Waals surface area contributed by atoms with E-state index >= 15 is 0 Å². The molecule has 0 spiro atoms. The summed E-state index contributed by atoms with van der Waals surface area (Å²) in [7, 11) is 1.69. The molecule has 0 unspecified atom stereocenters. The average molecular weight is 330 g/mol. The lowest BCUT2D eigenvalue weighted by atomic mass is 9.88. The Labute approximate surface area is 128 Å². The number of hydrogen-bond acceptors (Lipinski definition) is 4. The highest BCUT2D eigenvalue weighted by atomic mass is 19.4. The zero-order chi connectivity index (χ0) is 17.3. The smallest absolute Gasteiger partial charge is 0.427 e. The van der Waals surface area contributed by atoms with E-state index in [2.05, 4.69) is 14.5 Å². The van der Waals surface area contributed by atoms with E-state index in [0.717, 1.165) is 20.4 Å². The van der Waals surface area contributed by atoms with Gasteiger partial charge in [0.2, 0.25) is 0 Å². The third-order valence-electron chi connectivity index (χ3n) is 3.39. The molecule has 2 aromatic rings. The molecule has 1 aromatic carbocycles. The number of ether oxygens (including phenoxy) is 2. The zero-order valence-electron chi connectivity index (χ0n) is 12.2. The highest BCUT2D eigenvalue weighted by Crippen LogP contribution is 2.43. The second-order valence-corrected chi connectivity index (χ2v) is 4.60. The SMILES string of the molecule is COC(=O)N[C@](C(=O)OC)(c1c[nH]c2ccccc12)C(F)(F)F. The molecule has 23 heavy (non-hydrogen) atoms. The number of aromatic nitrogens is 1. The average Bonchev–Trinajstić information content (AvgIpc) is 2.94. The van der Waals surface area contributed by atoms with Gasteiger partial charge in [0, 0.05) is 22.7 Å². The molecule has 0 aliphatic carbocycles. The second-order valence-electron chi connectivity index (χ2n) is 4.60. The van der Waals surface area contributed by atoms with E-state index in [-0.39, 0.29) is 5.39 Å². The molecule has 0 saturated carbocycles. The molecule has 0 radical (unpaired) electrons. The van der Waals surface area contributed by atoms with Crippen LogP contribution in [0.3, 0.4) is 0 Å². The molecular weight excluding hydrogens is 317 g/mol. The second kappa shape index (κ2) is 5.82. The van der Waals surface area contributed by atoms with E-state index in [1.165, 1.54) is 18.2 Å². The largest absolute Gasteiger partial charge is 0.467 e. The van der Waals surface area contributed by atoms with Gasteiger partial charge in [-0.2, -0.15) is 13.2 Å². The number of rotatable bonds is 3. The number of para-hydroxylation sites is 1. The summed E-state index contributed by atoms with van der Waals surface area (Å²) in [5.41, 5.74) is -3.52. The molecule has 2 rings (SSSR count). The number of methoxy groups -OCH3 is 2. The van der Waals surface area contributed by atoms with Crippen LogP contribution < -0.4 is 5.32 Å². The van der Waals surface area contributed by atoms with Gasteiger partial charge in [-0.1, -0.05) is 18.2 Å². The standard InChI is InChI=1S/C14H13F3N2O4/c1-22-11(20)13(14(15,16)17,19-12(21)23-2)9-7-18-10-6-4-3-5-8(9)10/h3-7,18H,1-2H3,(H,19,21)/t13-/m0/s1. The van der Waals surface area contributed by atoms with Gasteiger partial charge in [0.25, 0.3) is 5.54 Å². The highest BCUT2D eigenvalue weighted by Gasteiger charge is 2.65. The normalized spacial score (nSPS) is 14.1. The lowest BCUT2D eigenvalue weighted by molar-refractivity contribution is -0.213. The van der Waals surface area contributed by atoms with Crippen molar-refractivity contribution in [3.05, 3.63) is 36.0 Å². The Morgan fingerprint density at radius 2 is 1.78 bits per heavy atom. The topological polar surface area (TPSA) is 80.4 Å². The molecule has 0 bridgehead atoms. The number of benzene rings is 1. The van der Waals surface area contributed by atoms with Gasteiger partial charge >= 0.3 is 18.2 Å². The fourth-order valence-corrected chi connectivity index (χ4v) is 2.31. The zero-order valence-corrected chi connectivity index (χ0v) is 12.2. The maximum atomic E-state index is 13.8. The number of alkyl halides is 3. The Hall–Kier alpha value is -2.71. The number of alkyl carbamates (subject to hydrolysis) is 1. The van der Waals surface area contributed by atoms with Crippen LogP contribution in [-0.2, 0) is 19.8 Å². The Bertz CT molecular complexity index is 741. The summed E-state index contributed by atoms with van der Waals surface area (Å²) >= 11 is 0.